The predicted molar refractivity (Wildman–Crippen MR) is 69.5 cm³/mol. The van der Waals surface area contributed by atoms with Gasteiger partial charge in [-0.3, -0.25) is 0 Å². The number of carboxylic acid groups (broad SMARTS) is 1. The molecule has 0 aromatic carbocycles. The Bertz CT molecular complexity index is 485. The first kappa shape index (κ1) is 12.1. The number of pyridine rings is 1. The highest BCUT2D eigenvalue weighted by Gasteiger charge is 2.19. The van der Waals surface area contributed by atoms with Gasteiger partial charge in [0.1, 0.15) is 11.4 Å². The summed E-state index contributed by atoms with van der Waals surface area (Å²) in [5.41, 5.74) is 1.49. The number of anilines is 1. The smallest absolute Gasteiger partial charge is 0.339 e. The van der Waals surface area contributed by atoms with E-state index in [2.05, 4.69) is 27.0 Å². The zero-order valence-corrected chi connectivity index (χ0v) is 11.1. The van der Waals surface area contributed by atoms with Gasteiger partial charge in [-0.1, -0.05) is 11.6 Å². The summed E-state index contributed by atoms with van der Waals surface area (Å²) in [6.45, 7) is 3.60. The van der Waals surface area contributed by atoms with Crippen molar-refractivity contribution >= 4 is 27.7 Å². The van der Waals surface area contributed by atoms with Crippen LogP contribution in [0.3, 0.4) is 0 Å². The van der Waals surface area contributed by atoms with E-state index in [1.807, 2.05) is 11.8 Å². The third kappa shape index (κ3) is 2.66. The number of carboxylic acids is 1. The molecule has 1 aliphatic rings. The Morgan fingerprint density at radius 2 is 2.35 bits per heavy atom. The number of aromatic carboxylic acids is 1. The molecule has 1 aliphatic heterocycles. The third-order valence-corrected chi connectivity index (χ3v) is 3.13. The summed E-state index contributed by atoms with van der Waals surface area (Å²) in [7, 11) is 0. The molecule has 0 aliphatic carbocycles. The van der Waals surface area contributed by atoms with Gasteiger partial charge < -0.3 is 10.0 Å². The molecule has 0 saturated carbocycles. The molecule has 0 saturated heterocycles. The molecule has 0 fully saturated rings. The summed E-state index contributed by atoms with van der Waals surface area (Å²) in [5.74, 6) is -0.394. The van der Waals surface area contributed by atoms with Crippen LogP contribution in [0.1, 0.15) is 23.7 Å². The molecule has 4 nitrogen and oxygen atoms in total. The largest absolute Gasteiger partial charge is 0.478 e. The maximum Gasteiger partial charge on any atom is 0.339 e. The Morgan fingerprint density at radius 1 is 1.59 bits per heavy atom. The average molecular weight is 297 g/mol. The lowest BCUT2D eigenvalue weighted by atomic mass is 10.1. The number of hydrogen-bond donors (Lipinski definition) is 1. The maximum absolute atomic E-state index is 11.2. The minimum absolute atomic E-state index is 0.245. The Hall–Kier alpha value is -1.36. The fourth-order valence-electron chi connectivity index (χ4n) is 1.93. The van der Waals surface area contributed by atoms with E-state index in [0.717, 1.165) is 19.5 Å². The van der Waals surface area contributed by atoms with E-state index < -0.39 is 5.97 Å². The van der Waals surface area contributed by atoms with Crippen molar-refractivity contribution in [2.45, 2.75) is 13.3 Å². The molecule has 5 heteroatoms. The molecule has 0 spiro atoms. The van der Waals surface area contributed by atoms with E-state index in [0.29, 0.717) is 10.3 Å². The molecule has 0 unspecified atom stereocenters. The quantitative estimate of drug-likeness (QED) is 0.853. The maximum atomic E-state index is 11.2. The Morgan fingerprint density at radius 3 is 3.00 bits per heavy atom. The third-order valence-electron chi connectivity index (χ3n) is 2.70. The van der Waals surface area contributed by atoms with Gasteiger partial charge in [0.2, 0.25) is 0 Å². The van der Waals surface area contributed by atoms with Gasteiger partial charge in [0.05, 0.1) is 0 Å². The summed E-state index contributed by atoms with van der Waals surface area (Å²) >= 11 is 3.24. The highest BCUT2D eigenvalue weighted by atomic mass is 79.9. The number of aromatic nitrogens is 1. The van der Waals surface area contributed by atoms with Crippen LogP contribution in [0, 0.1) is 0 Å². The van der Waals surface area contributed by atoms with Crippen LogP contribution in [0.2, 0.25) is 0 Å². The molecule has 0 radical (unpaired) electrons. The number of halogens is 1. The Balaban J connectivity index is 2.38. The monoisotopic (exact) mass is 296 g/mol. The molecule has 1 N–H and O–H groups in total. The van der Waals surface area contributed by atoms with E-state index in [-0.39, 0.29) is 5.56 Å². The Labute approximate surface area is 108 Å². The normalized spacial score (nSPS) is 15.6. The van der Waals surface area contributed by atoms with Gasteiger partial charge in [-0.2, -0.15) is 0 Å². The first-order chi connectivity index (χ1) is 8.08. The molecular formula is C12H13BrN2O2. The molecule has 0 atom stereocenters. The van der Waals surface area contributed by atoms with Gasteiger partial charge in [0, 0.05) is 23.8 Å². The van der Waals surface area contributed by atoms with Gasteiger partial charge in [0.25, 0.3) is 0 Å². The van der Waals surface area contributed by atoms with Crippen LogP contribution in [0.5, 0.6) is 0 Å². The van der Waals surface area contributed by atoms with Crippen LogP contribution in [0.15, 0.2) is 28.4 Å². The summed E-state index contributed by atoms with van der Waals surface area (Å²) in [4.78, 5) is 17.4. The first-order valence-electron chi connectivity index (χ1n) is 5.37. The second-order valence-electron chi connectivity index (χ2n) is 4.09. The van der Waals surface area contributed by atoms with Crippen molar-refractivity contribution in [3.05, 3.63) is 33.9 Å². The van der Waals surface area contributed by atoms with Crippen LogP contribution in [-0.4, -0.2) is 29.1 Å². The second kappa shape index (κ2) is 4.87. The topological polar surface area (TPSA) is 53.4 Å². The van der Waals surface area contributed by atoms with Gasteiger partial charge in [0.15, 0.2) is 0 Å². The second-order valence-corrected chi connectivity index (χ2v) is 5.01. The molecule has 0 amide bonds. The molecule has 90 valence electrons. The lowest BCUT2D eigenvalue weighted by Gasteiger charge is -2.28. The molecule has 0 bridgehead atoms. The molecular weight excluding hydrogens is 284 g/mol. The molecule has 1 aromatic heterocycles. The predicted octanol–water partition coefficient (Wildman–Crippen LogP) is 2.70. The highest BCUT2D eigenvalue weighted by Crippen LogP contribution is 2.24. The van der Waals surface area contributed by atoms with Crippen molar-refractivity contribution in [2.24, 2.45) is 0 Å². The number of rotatable bonds is 2. The number of hydrogen-bond acceptors (Lipinski definition) is 3. The zero-order valence-electron chi connectivity index (χ0n) is 9.48. The number of nitrogens with zero attached hydrogens (tertiary/aromatic N) is 2. The van der Waals surface area contributed by atoms with Gasteiger partial charge in [-0.25, -0.2) is 9.78 Å². The van der Waals surface area contributed by atoms with Crippen molar-refractivity contribution < 1.29 is 9.90 Å². The molecule has 2 heterocycles. The standard InChI is InChI=1S/C12H13BrN2O2/c1-8-3-2-4-15(7-8)11-10(12(16)17)5-9(13)6-14-11/h3,5-6H,2,4,7H2,1H3,(H,16,17). The van der Waals surface area contributed by atoms with Crippen molar-refractivity contribution in [3.63, 3.8) is 0 Å². The lowest BCUT2D eigenvalue weighted by molar-refractivity contribution is 0.0697. The van der Waals surface area contributed by atoms with E-state index in [4.69, 9.17) is 0 Å². The molecule has 17 heavy (non-hydrogen) atoms. The number of carbonyl (C=O) groups is 1. The van der Waals surface area contributed by atoms with Gasteiger partial charge >= 0.3 is 5.97 Å². The van der Waals surface area contributed by atoms with Gasteiger partial charge in [-0.05, 0) is 35.3 Å². The highest BCUT2D eigenvalue weighted by molar-refractivity contribution is 9.10. The fraction of sp³-hybridized carbons (Fsp3) is 0.333. The van der Waals surface area contributed by atoms with Crippen LogP contribution in [-0.2, 0) is 0 Å². The van der Waals surface area contributed by atoms with Gasteiger partial charge in [-0.15, -0.1) is 0 Å². The van der Waals surface area contributed by atoms with Crippen LogP contribution < -0.4 is 4.90 Å². The van der Waals surface area contributed by atoms with E-state index in [1.165, 1.54) is 5.57 Å². The van der Waals surface area contributed by atoms with Crippen LogP contribution >= 0.6 is 15.9 Å². The minimum Gasteiger partial charge on any atom is -0.478 e. The van der Waals surface area contributed by atoms with E-state index in [1.54, 1.807) is 12.3 Å². The minimum atomic E-state index is -0.944. The summed E-state index contributed by atoms with van der Waals surface area (Å²) in [6.07, 6.45) is 4.74. The first-order valence-corrected chi connectivity index (χ1v) is 6.16. The fourth-order valence-corrected chi connectivity index (χ4v) is 2.26. The van der Waals surface area contributed by atoms with Crippen molar-refractivity contribution in [1.82, 2.24) is 4.98 Å². The summed E-state index contributed by atoms with van der Waals surface area (Å²) < 4.78 is 0.683. The summed E-state index contributed by atoms with van der Waals surface area (Å²) in [6, 6.07) is 1.60. The van der Waals surface area contributed by atoms with Crippen LogP contribution in [0.4, 0.5) is 5.82 Å². The average Bonchev–Trinajstić information content (AvgIpc) is 2.28. The van der Waals surface area contributed by atoms with Crippen molar-refractivity contribution in [3.8, 4) is 0 Å². The molecule has 2 rings (SSSR count). The molecule has 1 aromatic rings. The van der Waals surface area contributed by atoms with Crippen molar-refractivity contribution in [1.29, 1.82) is 0 Å². The van der Waals surface area contributed by atoms with E-state index >= 15 is 0 Å². The van der Waals surface area contributed by atoms with E-state index in [9.17, 15) is 9.90 Å². The van der Waals surface area contributed by atoms with Crippen molar-refractivity contribution in [2.75, 3.05) is 18.0 Å². The Kier molecular flexibility index (Phi) is 3.47. The van der Waals surface area contributed by atoms with Crippen LogP contribution in [0.25, 0.3) is 0 Å². The zero-order chi connectivity index (χ0) is 12.4. The lowest BCUT2D eigenvalue weighted by Crippen LogP contribution is -2.31. The summed E-state index contributed by atoms with van der Waals surface area (Å²) in [5, 5.41) is 9.18. The SMILES string of the molecule is CC1=CCCN(c2ncc(Br)cc2C(=O)O)C1.